The van der Waals surface area contributed by atoms with Crippen LogP contribution >= 0.6 is 0 Å². The van der Waals surface area contributed by atoms with Crippen LogP contribution in [0.5, 0.6) is 11.5 Å². The van der Waals surface area contributed by atoms with Crippen LogP contribution in [0.4, 0.5) is 13.2 Å². The number of halogens is 3. The Morgan fingerprint density at radius 1 is 1.11 bits per heavy atom. The van der Waals surface area contributed by atoms with Crippen LogP contribution in [0.2, 0.25) is 0 Å². The van der Waals surface area contributed by atoms with Crippen molar-refractivity contribution < 1.29 is 47.2 Å². The van der Waals surface area contributed by atoms with E-state index in [0.717, 1.165) is 12.1 Å². The largest absolute Gasteiger partial charge is 0.507 e. The Morgan fingerprint density at radius 2 is 1.78 bits per heavy atom. The number of ether oxygens (including phenoxy) is 1. The summed E-state index contributed by atoms with van der Waals surface area (Å²) >= 11 is 0. The molecule has 1 saturated heterocycles. The van der Waals surface area contributed by atoms with Crippen LogP contribution < -0.4 is 5.43 Å². The van der Waals surface area contributed by atoms with Crippen molar-refractivity contribution in [3.63, 3.8) is 0 Å². The normalized spacial score (nSPS) is 18.8. The summed E-state index contributed by atoms with van der Waals surface area (Å²) in [7, 11) is 1.62. The Bertz CT molecular complexity index is 1400. The van der Waals surface area contributed by atoms with E-state index in [-0.39, 0.29) is 40.8 Å². The number of phenols is 2. The smallest absolute Gasteiger partial charge is 0.490 e. The van der Waals surface area contributed by atoms with E-state index in [1.165, 1.54) is 24.3 Å². The molecule has 0 amide bonds. The van der Waals surface area contributed by atoms with Crippen molar-refractivity contribution in [2.75, 3.05) is 20.1 Å². The van der Waals surface area contributed by atoms with Crippen molar-refractivity contribution in [2.45, 2.75) is 24.6 Å². The molecule has 3 aromatic rings. The van der Waals surface area contributed by atoms with Gasteiger partial charge in [-0.3, -0.25) is 4.79 Å². The quantitative estimate of drug-likeness (QED) is 0.453. The number of fused-ring (bicyclic) bond motifs is 1. The summed E-state index contributed by atoms with van der Waals surface area (Å²) in [5.41, 5.74) is -0.782. The molecule has 0 unspecified atom stereocenters. The molecular weight excluding hydrogens is 487 g/mol. The average molecular weight is 507 g/mol. The number of alkyl halides is 3. The number of carbonyl (C=O) groups excluding carboxylic acids is 1. The van der Waals surface area contributed by atoms with Gasteiger partial charge in [0.1, 0.15) is 34.3 Å². The maximum atomic E-state index is 12.9. The fourth-order valence-corrected chi connectivity index (χ4v) is 4.32. The number of likely N-dealkylation sites (tertiary alicyclic amines) is 1. The number of benzene rings is 2. The van der Waals surface area contributed by atoms with Crippen LogP contribution in [0, 0.1) is 0 Å². The summed E-state index contributed by atoms with van der Waals surface area (Å²) in [6.45, 7) is 0.280. The number of hydrogen-bond donors (Lipinski definition) is 3. The summed E-state index contributed by atoms with van der Waals surface area (Å²) in [6.07, 6.45) is -6.44. The summed E-state index contributed by atoms with van der Waals surface area (Å²) in [6, 6.07) is 7.29. The second kappa shape index (κ2) is 9.19. The Hall–Kier alpha value is -4.06. The number of rotatable bonds is 4. The number of hydrogen-bond acceptors (Lipinski definition) is 8. The van der Waals surface area contributed by atoms with Crippen molar-refractivity contribution >= 4 is 22.9 Å². The van der Waals surface area contributed by atoms with E-state index in [1.807, 2.05) is 0 Å². The molecule has 190 valence electrons. The Labute approximate surface area is 200 Å². The third kappa shape index (κ3) is 4.71. The third-order valence-corrected chi connectivity index (χ3v) is 6.04. The van der Waals surface area contributed by atoms with Gasteiger partial charge in [0.25, 0.3) is 0 Å². The van der Waals surface area contributed by atoms with Gasteiger partial charge in [-0.2, -0.15) is 13.2 Å². The lowest BCUT2D eigenvalue weighted by atomic mass is 9.85. The molecule has 2 aromatic carbocycles. The van der Waals surface area contributed by atoms with E-state index in [9.17, 15) is 37.8 Å². The minimum absolute atomic E-state index is 0.0153. The number of likely N-dealkylation sites (N-methyl/N-ethyl adjacent to an activating group) is 1. The molecule has 1 aromatic heterocycles. The Morgan fingerprint density at radius 3 is 2.39 bits per heavy atom. The molecular formula is C24H20F3NO8. The number of aromatic hydroxyl groups is 2. The van der Waals surface area contributed by atoms with Gasteiger partial charge in [0.2, 0.25) is 0 Å². The van der Waals surface area contributed by atoms with Gasteiger partial charge in [-0.15, -0.1) is 0 Å². The van der Waals surface area contributed by atoms with Crippen LogP contribution in [-0.4, -0.2) is 64.6 Å². The van der Waals surface area contributed by atoms with Gasteiger partial charge in [0.05, 0.1) is 5.56 Å². The highest BCUT2D eigenvalue weighted by Gasteiger charge is 2.45. The molecule has 0 bridgehead atoms. The third-order valence-electron chi connectivity index (χ3n) is 6.04. The van der Waals surface area contributed by atoms with Crippen molar-refractivity contribution in [2.24, 2.45) is 0 Å². The lowest BCUT2D eigenvalue weighted by Gasteiger charge is -2.36. The van der Waals surface area contributed by atoms with Crippen LogP contribution in [0.15, 0.2) is 45.6 Å². The van der Waals surface area contributed by atoms with Crippen LogP contribution in [0.25, 0.3) is 22.3 Å². The number of carboxylic acids is 1. The molecule has 0 saturated carbocycles. The number of carboxylic acid groups (broad SMARTS) is 1. The van der Waals surface area contributed by atoms with Crippen molar-refractivity contribution in [1.82, 2.24) is 4.90 Å². The zero-order valence-electron chi connectivity index (χ0n) is 18.7. The molecule has 1 aliphatic rings. The number of esters is 1. The highest BCUT2D eigenvalue weighted by atomic mass is 19.4. The summed E-state index contributed by atoms with van der Waals surface area (Å²) in [5.74, 6) is -5.75. The number of phenolic OH excluding ortho intramolecular Hbond substituents is 2. The number of piperidine rings is 1. The zero-order valence-corrected chi connectivity index (χ0v) is 18.7. The Kier molecular flexibility index (Phi) is 6.39. The first kappa shape index (κ1) is 25.0. The molecule has 2 atom stereocenters. The monoisotopic (exact) mass is 507 g/mol. The SMILES string of the molecule is CN1CC[C@H](c2c(O)cc(O)c3c(=O)cc(-c4ccc(C(=O)O)cc4)oc23)[C@H](OC(=O)C(F)(F)F)C1. The van der Waals surface area contributed by atoms with Crippen LogP contribution in [0.1, 0.15) is 28.3 Å². The van der Waals surface area contributed by atoms with Gasteiger partial charge < -0.3 is 29.4 Å². The first-order chi connectivity index (χ1) is 16.9. The second-order valence-electron chi connectivity index (χ2n) is 8.49. The van der Waals surface area contributed by atoms with Crippen molar-refractivity contribution in [1.29, 1.82) is 0 Å². The van der Waals surface area contributed by atoms with E-state index >= 15 is 0 Å². The average Bonchev–Trinajstić information content (AvgIpc) is 2.79. The first-order valence-corrected chi connectivity index (χ1v) is 10.7. The predicted octanol–water partition coefficient (Wildman–Crippen LogP) is 3.46. The van der Waals surface area contributed by atoms with E-state index in [2.05, 4.69) is 0 Å². The van der Waals surface area contributed by atoms with E-state index < -0.39 is 47.1 Å². The van der Waals surface area contributed by atoms with E-state index in [4.69, 9.17) is 14.3 Å². The standard InChI is InChI=1S/C24H20F3NO8/c1-28-7-6-13(18(10-28)36-23(34)24(25,26)27)19-14(29)8-15(30)20-16(31)9-17(35-21(19)20)11-2-4-12(5-3-11)22(32)33/h2-5,8-9,13,18,29-30H,6-7,10H2,1H3,(H,32,33)/t13-,18+/m0/s1. The molecule has 4 rings (SSSR count). The molecule has 0 spiro atoms. The van der Waals surface area contributed by atoms with E-state index in [1.54, 1.807) is 11.9 Å². The minimum atomic E-state index is -5.23. The molecule has 3 N–H and O–H groups in total. The molecule has 36 heavy (non-hydrogen) atoms. The van der Waals surface area contributed by atoms with Crippen molar-refractivity contribution in [3.8, 4) is 22.8 Å². The molecule has 0 radical (unpaired) electrons. The second-order valence-corrected chi connectivity index (χ2v) is 8.49. The number of carbonyl (C=O) groups is 2. The van der Waals surface area contributed by atoms with Crippen molar-refractivity contribution in [3.05, 3.63) is 57.7 Å². The van der Waals surface area contributed by atoms with Gasteiger partial charge >= 0.3 is 18.1 Å². The fourth-order valence-electron chi connectivity index (χ4n) is 4.32. The zero-order chi connectivity index (χ0) is 26.4. The van der Waals surface area contributed by atoms with Crippen LogP contribution in [-0.2, 0) is 9.53 Å². The fraction of sp³-hybridized carbons (Fsp3) is 0.292. The van der Waals surface area contributed by atoms with Gasteiger partial charge in [-0.05, 0) is 32.1 Å². The molecule has 0 aliphatic carbocycles. The lowest BCUT2D eigenvalue weighted by molar-refractivity contribution is -0.207. The Balaban J connectivity index is 1.88. The number of nitrogens with zero attached hydrogens (tertiary/aromatic N) is 1. The molecule has 9 nitrogen and oxygen atoms in total. The van der Waals surface area contributed by atoms with Gasteiger partial charge in [-0.1, -0.05) is 12.1 Å². The highest BCUT2D eigenvalue weighted by Crippen LogP contribution is 2.43. The maximum absolute atomic E-state index is 12.9. The highest BCUT2D eigenvalue weighted by molar-refractivity contribution is 5.90. The molecule has 12 heteroatoms. The van der Waals surface area contributed by atoms with E-state index in [0.29, 0.717) is 12.1 Å². The molecule has 1 aliphatic heterocycles. The summed E-state index contributed by atoms with van der Waals surface area (Å²) in [4.78, 5) is 37.3. The first-order valence-electron chi connectivity index (χ1n) is 10.7. The van der Waals surface area contributed by atoms with Gasteiger partial charge in [0, 0.05) is 35.7 Å². The van der Waals surface area contributed by atoms with Gasteiger partial charge in [-0.25, -0.2) is 9.59 Å². The number of aromatic carboxylic acids is 1. The summed E-state index contributed by atoms with van der Waals surface area (Å²) < 4.78 is 49.4. The topological polar surface area (TPSA) is 138 Å². The molecule has 1 fully saturated rings. The predicted molar refractivity (Wildman–Crippen MR) is 119 cm³/mol. The van der Waals surface area contributed by atoms with Crippen LogP contribution in [0.3, 0.4) is 0 Å². The molecule has 2 heterocycles. The summed E-state index contributed by atoms with van der Waals surface area (Å²) in [5, 5.41) is 29.8. The maximum Gasteiger partial charge on any atom is 0.490 e. The van der Waals surface area contributed by atoms with Gasteiger partial charge in [0.15, 0.2) is 5.43 Å². The minimum Gasteiger partial charge on any atom is -0.507 e. The lowest BCUT2D eigenvalue weighted by Crippen LogP contribution is -2.45.